The van der Waals surface area contributed by atoms with E-state index in [1.807, 2.05) is 19.9 Å². The van der Waals surface area contributed by atoms with Gasteiger partial charge < -0.3 is 9.88 Å². The standard InChI is InChI=1S/C15H20N4OS/c1-4-13-17-18-14-6-5-11(8-19(13)14)16-15(20)12-7-9(2)21-10(12)3/h7,11H,4-6,8H2,1-3H3,(H,16,20)/t11-/m1/s1. The van der Waals surface area contributed by atoms with Crippen LogP contribution in [0, 0.1) is 13.8 Å². The molecule has 0 bridgehead atoms. The van der Waals surface area contributed by atoms with Gasteiger partial charge in [0.2, 0.25) is 0 Å². The predicted molar refractivity (Wildman–Crippen MR) is 82.8 cm³/mol. The maximum absolute atomic E-state index is 12.4. The molecule has 1 aliphatic rings. The molecule has 112 valence electrons. The number of fused-ring (bicyclic) bond motifs is 1. The van der Waals surface area contributed by atoms with Crippen LogP contribution in [0.25, 0.3) is 0 Å². The fourth-order valence-electron chi connectivity index (χ4n) is 2.88. The minimum absolute atomic E-state index is 0.0384. The van der Waals surface area contributed by atoms with Gasteiger partial charge in [-0.05, 0) is 26.3 Å². The number of nitrogens with zero attached hydrogens (tertiary/aromatic N) is 3. The highest BCUT2D eigenvalue weighted by molar-refractivity contribution is 7.12. The van der Waals surface area contributed by atoms with Crippen molar-refractivity contribution >= 4 is 17.2 Å². The van der Waals surface area contributed by atoms with Crippen LogP contribution in [0.3, 0.4) is 0 Å². The van der Waals surface area contributed by atoms with Crippen LogP contribution in [-0.4, -0.2) is 26.7 Å². The maximum Gasteiger partial charge on any atom is 0.252 e. The molecular weight excluding hydrogens is 284 g/mol. The summed E-state index contributed by atoms with van der Waals surface area (Å²) in [5.41, 5.74) is 0.808. The fourth-order valence-corrected chi connectivity index (χ4v) is 3.80. The Bertz CT molecular complexity index is 660. The highest BCUT2D eigenvalue weighted by Crippen LogP contribution is 2.21. The van der Waals surface area contributed by atoms with E-state index in [0.717, 1.165) is 47.9 Å². The Morgan fingerprint density at radius 1 is 1.48 bits per heavy atom. The van der Waals surface area contributed by atoms with Gasteiger partial charge in [0.25, 0.3) is 5.91 Å². The Kier molecular flexibility index (Phi) is 3.80. The summed E-state index contributed by atoms with van der Waals surface area (Å²) in [5, 5.41) is 11.6. The van der Waals surface area contributed by atoms with Crippen LogP contribution in [0.15, 0.2) is 6.07 Å². The SMILES string of the molecule is CCc1nnc2n1C[C@H](NC(=O)c1cc(C)sc1C)CC2. The van der Waals surface area contributed by atoms with E-state index < -0.39 is 0 Å². The first kappa shape index (κ1) is 14.3. The van der Waals surface area contributed by atoms with E-state index in [1.54, 1.807) is 11.3 Å². The molecule has 2 aromatic rings. The molecule has 0 saturated carbocycles. The van der Waals surface area contributed by atoms with E-state index in [0.29, 0.717) is 0 Å². The van der Waals surface area contributed by atoms with E-state index in [1.165, 1.54) is 4.88 Å². The van der Waals surface area contributed by atoms with Gasteiger partial charge in [0, 0.05) is 35.2 Å². The van der Waals surface area contributed by atoms with Gasteiger partial charge in [-0.25, -0.2) is 0 Å². The summed E-state index contributed by atoms with van der Waals surface area (Å²) in [7, 11) is 0. The van der Waals surface area contributed by atoms with Gasteiger partial charge in [-0.3, -0.25) is 4.79 Å². The van der Waals surface area contributed by atoms with Gasteiger partial charge in [0.1, 0.15) is 11.6 Å². The van der Waals surface area contributed by atoms with E-state index in [9.17, 15) is 4.79 Å². The first-order valence-corrected chi connectivity index (χ1v) is 8.19. The molecule has 21 heavy (non-hydrogen) atoms. The van der Waals surface area contributed by atoms with Gasteiger partial charge >= 0.3 is 0 Å². The Morgan fingerprint density at radius 3 is 2.95 bits per heavy atom. The quantitative estimate of drug-likeness (QED) is 0.946. The van der Waals surface area contributed by atoms with Crippen molar-refractivity contribution in [2.45, 2.75) is 52.6 Å². The fraction of sp³-hybridized carbons (Fsp3) is 0.533. The normalized spacial score (nSPS) is 17.6. The average Bonchev–Trinajstić information content (AvgIpc) is 3.01. The number of hydrogen-bond acceptors (Lipinski definition) is 4. The van der Waals surface area contributed by atoms with Crippen molar-refractivity contribution in [3.8, 4) is 0 Å². The zero-order valence-electron chi connectivity index (χ0n) is 12.6. The zero-order chi connectivity index (χ0) is 15.0. The molecule has 0 radical (unpaired) electrons. The van der Waals surface area contributed by atoms with Gasteiger partial charge in [-0.15, -0.1) is 21.5 Å². The largest absolute Gasteiger partial charge is 0.347 e. The molecule has 0 unspecified atom stereocenters. The molecule has 0 fully saturated rings. The number of carbonyl (C=O) groups excluding carboxylic acids is 1. The Hall–Kier alpha value is -1.69. The van der Waals surface area contributed by atoms with Gasteiger partial charge in [0.05, 0.1) is 5.56 Å². The molecule has 1 amide bonds. The van der Waals surface area contributed by atoms with E-state index >= 15 is 0 Å². The third-order valence-corrected chi connectivity index (χ3v) is 4.93. The molecule has 0 aromatic carbocycles. The lowest BCUT2D eigenvalue weighted by Gasteiger charge is -2.25. The van der Waals surface area contributed by atoms with E-state index in [-0.39, 0.29) is 11.9 Å². The lowest BCUT2D eigenvalue weighted by atomic mass is 10.1. The zero-order valence-corrected chi connectivity index (χ0v) is 13.5. The van der Waals surface area contributed by atoms with Crippen LogP contribution in [0.1, 0.15) is 45.1 Å². The number of rotatable bonds is 3. The molecule has 6 heteroatoms. The Balaban J connectivity index is 1.72. The van der Waals surface area contributed by atoms with Crippen molar-refractivity contribution in [2.75, 3.05) is 0 Å². The molecule has 0 saturated heterocycles. The molecule has 3 rings (SSSR count). The van der Waals surface area contributed by atoms with Crippen LogP contribution in [0.4, 0.5) is 0 Å². The van der Waals surface area contributed by atoms with Crippen LogP contribution in [0.5, 0.6) is 0 Å². The number of amides is 1. The summed E-state index contributed by atoms with van der Waals surface area (Å²) in [5.74, 6) is 2.09. The monoisotopic (exact) mass is 304 g/mol. The Labute approximate surface area is 128 Å². The minimum atomic E-state index is 0.0384. The predicted octanol–water partition coefficient (Wildman–Crippen LogP) is 2.26. The number of aryl methyl sites for hydroxylation is 4. The summed E-state index contributed by atoms with van der Waals surface area (Å²) in [6.07, 6.45) is 2.67. The molecule has 0 aliphatic carbocycles. The number of hydrogen-bond donors (Lipinski definition) is 1. The number of aromatic nitrogens is 3. The maximum atomic E-state index is 12.4. The van der Waals surface area contributed by atoms with Crippen LogP contribution >= 0.6 is 11.3 Å². The van der Waals surface area contributed by atoms with Gasteiger partial charge in [-0.1, -0.05) is 6.92 Å². The second-order valence-corrected chi connectivity index (χ2v) is 6.99. The Morgan fingerprint density at radius 2 is 2.29 bits per heavy atom. The molecule has 1 atom stereocenters. The van der Waals surface area contributed by atoms with E-state index in [4.69, 9.17) is 0 Å². The average molecular weight is 304 g/mol. The van der Waals surface area contributed by atoms with Crippen molar-refractivity contribution < 1.29 is 4.79 Å². The topological polar surface area (TPSA) is 59.8 Å². The number of thiophene rings is 1. The molecular formula is C15H20N4OS. The van der Waals surface area contributed by atoms with Crippen LogP contribution in [-0.2, 0) is 19.4 Å². The molecule has 5 nitrogen and oxygen atoms in total. The lowest BCUT2D eigenvalue weighted by Crippen LogP contribution is -2.41. The van der Waals surface area contributed by atoms with Crippen molar-refractivity contribution in [3.63, 3.8) is 0 Å². The van der Waals surface area contributed by atoms with Gasteiger partial charge in [0.15, 0.2) is 0 Å². The molecule has 0 spiro atoms. The van der Waals surface area contributed by atoms with E-state index in [2.05, 4.69) is 27.0 Å². The summed E-state index contributed by atoms with van der Waals surface area (Å²) < 4.78 is 2.15. The third-order valence-electron chi connectivity index (χ3n) is 3.96. The first-order valence-electron chi connectivity index (χ1n) is 7.37. The summed E-state index contributed by atoms with van der Waals surface area (Å²) in [6, 6.07) is 2.13. The second kappa shape index (κ2) is 5.60. The molecule has 2 aromatic heterocycles. The summed E-state index contributed by atoms with van der Waals surface area (Å²) in [4.78, 5) is 14.7. The summed E-state index contributed by atoms with van der Waals surface area (Å²) >= 11 is 1.67. The van der Waals surface area contributed by atoms with Crippen LogP contribution in [0.2, 0.25) is 0 Å². The first-order chi connectivity index (χ1) is 10.1. The molecule has 3 heterocycles. The van der Waals surface area contributed by atoms with Crippen molar-refractivity contribution in [1.82, 2.24) is 20.1 Å². The molecule has 1 aliphatic heterocycles. The minimum Gasteiger partial charge on any atom is -0.347 e. The third kappa shape index (κ3) is 2.72. The van der Waals surface area contributed by atoms with Crippen LogP contribution < -0.4 is 5.32 Å². The summed E-state index contributed by atoms with van der Waals surface area (Å²) in [6.45, 7) is 6.89. The van der Waals surface area contributed by atoms with Crippen molar-refractivity contribution in [1.29, 1.82) is 0 Å². The molecule has 1 N–H and O–H groups in total. The van der Waals surface area contributed by atoms with Crippen molar-refractivity contribution in [3.05, 3.63) is 33.0 Å². The smallest absolute Gasteiger partial charge is 0.252 e. The van der Waals surface area contributed by atoms with Crippen molar-refractivity contribution in [2.24, 2.45) is 0 Å². The highest BCUT2D eigenvalue weighted by atomic mass is 32.1. The lowest BCUT2D eigenvalue weighted by molar-refractivity contribution is 0.0927. The number of carbonyl (C=O) groups is 1. The second-order valence-electron chi connectivity index (χ2n) is 5.53. The highest BCUT2D eigenvalue weighted by Gasteiger charge is 2.24. The number of nitrogens with one attached hydrogen (secondary N) is 1. The van der Waals surface area contributed by atoms with Gasteiger partial charge in [-0.2, -0.15) is 0 Å².